The summed E-state index contributed by atoms with van der Waals surface area (Å²) in [5, 5.41) is 2.94. The standard InChI is InChI=1S/C15H21NO2S2/c1-9(2)16-14(17)13-10(3)12-11(18-13)5-4-6-15(12)19-7-8-20-15/h9H,4-8H2,1-3H3,(H,16,17). The topological polar surface area (TPSA) is 42.2 Å². The molecule has 3 nitrogen and oxygen atoms in total. The van der Waals surface area contributed by atoms with E-state index in [1.807, 2.05) is 44.3 Å². The van der Waals surface area contributed by atoms with Gasteiger partial charge in [0, 0.05) is 35.1 Å². The number of rotatable bonds is 2. The van der Waals surface area contributed by atoms with Crippen LogP contribution in [0.25, 0.3) is 0 Å². The lowest BCUT2D eigenvalue weighted by atomic mass is 9.94. The summed E-state index contributed by atoms with van der Waals surface area (Å²) in [4.78, 5) is 12.3. The Bertz CT molecular complexity index is 530. The van der Waals surface area contributed by atoms with E-state index in [9.17, 15) is 4.79 Å². The fourth-order valence-electron chi connectivity index (χ4n) is 3.14. The Morgan fingerprint density at radius 1 is 1.35 bits per heavy atom. The van der Waals surface area contributed by atoms with E-state index in [2.05, 4.69) is 5.32 Å². The van der Waals surface area contributed by atoms with Crippen LogP contribution >= 0.6 is 23.5 Å². The zero-order valence-corrected chi connectivity index (χ0v) is 13.9. The molecule has 0 aromatic carbocycles. The van der Waals surface area contributed by atoms with Crippen molar-refractivity contribution in [1.82, 2.24) is 5.32 Å². The zero-order valence-electron chi connectivity index (χ0n) is 12.2. The molecule has 0 radical (unpaired) electrons. The second-order valence-electron chi connectivity index (χ2n) is 5.79. The van der Waals surface area contributed by atoms with Crippen molar-refractivity contribution in [3.8, 4) is 0 Å². The molecule has 1 aromatic rings. The van der Waals surface area contributed by atoms with Crippen molar-refractivity contribution in [2.24, 2.45) is 0 Å². The van der Waals surface area contributed by atoms with Gasteiger partial charge in [0.05, 0.1) is 4.08 Å². The minimum atomic E-state index is -0.0740. The molecule has 1 aliphatic heterocycles. The van der Waals surface area contributed by atoms with Crippen LogP contribution < -0.4 is 5.32 Å². The number of furan rings is 1. The summed E-state index contributed by atoms with van der Waals surface area (Å²) < 4.78 is 6.10. The highest BCUT2D eigenvalue weighted by Crippen LogP contribution is 2.59. The smallest absolute Gasteiger partial charge is 0.287 e. The summed E-state index contributed by atoms with van der Waals surface area (Å²) in [5.74, 6) is 3.89. The Morgan fingerprint density at radius 3 is 2.70 bits per heavy atom. The molecule has 1 amide bonds. The van der Waals surface area contributed by atoms with Gasteiger partial charge in [0.15, 0.2) is 5.76 Å². The molecule has 0 saturated carbocycles. The molecule has 1 aromatic heterocycles. The Balaban J connectivity index is 2.01. The van der Waals surface area contributed by atoms with Gasteiger partial charge in [-0.05, 0) is 33.6 Å². The number of nitrogens with one attached hydrogen (secondary N) is 1. The van der Waals surface area contributed by atoms with Gasteiger partial charge in [0.1, 0.15) is 5.76 Å². The van der Waals surface area contributed by atoms with E-state index in [1.54, 1.807) is 0 Å². The van der Waals surface area contributed by atoms with E-state index in [-0.39, 0.29) is 16.0 Å². The maximum absolute atomic E-state index is 12.3. The molecule has 0 bridgehead atoms. The van der Waals surface area contributed by atoms with Gasteiger partial charge in [-0.25, -0.2) is 0 Å². The normalized spacial score (nSPS) is 20.4. The lowest BCUT2D eigenvalue weighted by Gasteiger charge is -2.31. The Hall–Kier alpha value is -0.550. The molecule has 1 fully saturated rings. The van der Waals surface area contributed by atoms with Crippen molar-refractivity contribution in [2.45, 2.75) is 50.2 Å². The van der Waals surface area contributed by atoms with Crippen molar-refractivity contribution in [2.75, 3.05) is 11.5 Å². The second-order valence-corrected chi connectivity index (χ2v) is 8.83. The quantitative estimate of drug-likeness (QED) is 0.904. The molecule has 110 valence electrons. The minimum absolute atomic E-state index is 0.0740. The van der Waals surface area contributed by atoms with E-state index in [4.69, 9.17) is 4.42 Å². The van der Waals surface area contributed by atoms with Crippen LogP contribution in [-0.2, 0) is 10.5 Å². The van der Waals surface area contributed by atoms with Crippen LogP contribution in [0.15, 0.2) is 4.42 Å². The van der Waals surface area contributed by atoms with Crippen molar-refractivity contribution in [1.29, 1.82) is 0 Å². The molecule has 0 atom stereocenters. The van der Waals surface area contributed by atoms with Crippen LogP contribution in [0.3, 0.4) is 0 Å². The Labute approximate surface area is 128 Å². The van der Waals surface area contributed by atoms with Crippen molar-refractivity contribution < 1.29 is 9.21 Å². The fourth-order valence-corrected chi connectivity index (χ4v) is 6.70. The summed E-state index contributed by atoms with van der Waals surface area (Å²) in [6.45, 7) is 5.99. The third-order valence-electron chi connectivity index (χ3n) is 3.89. The summed E-state index contributed by atoms with van der Waals surface area (Å²) in [7, 11) is 0. The van der Waals surface area contributed by atoms with Gasteiger partial charge in [-0.3, -0.25) is 4.79 Å². The molecule has 20 heavy (non-hydrogen) atoms. The molecule has 5 heteroatoms. The van der Waals surface area contributed by atoms with Crippen LogP contribution in [0, 0.1) is 6.92 Å². The van der Waals surface area contributed by atoms with E-state index in [0.717, 1.165) is 24.2 Å². The summed E-state index contributed by atoms with van der Waals surface area (Å²) >= 11 is 4.07. The Kier molecular flexibility index (Phi) is 3.84. The minimum Gasteiger partial charge on any atom is -0.455 e. The third-order valence-corrected chi connectivity index (χ3v) is 7.42. The predicted molar refractivity (Wildman–Crippen MR) is 85.6 cm³/mol. The number of hydrogen-bond donors (Lipinski definition) is 1. The number of fused-ring (bicyclic) bond motifs is 2. The number of thioether (sulfide) groups is 2. The zero-order chi connectivity index (χ0) is 14.3. The first-order valence-corrected chi connectivity index (χ1v) is 9.22. The van der Waals surface area contributed by atoms with Crippen LogP contribution in [-0.4, -0.2) is 23.5 Å². The average Bonchev–Trinajstić information content (AvgIpc) is 2.95. The first-order valence-electron chi connectivity index (χ1n) is 7.25. The number of hydrogen-bond acceptors (Lipinski definition) is 4. The maximum Gasteiger partial charge on any atom is 0.287 e. The number of carbonyl (C=O) groups excluding carboxylic acids is 1. The van der Waals surface area contributed by atoms with E-state index >= 15 is 0 Å². The molecule has 3 rings (SSSR count). The first-order chi connectivity index (χ1) is 9.53. The lowest BCUT2D eigenvalue weighted by molar-refractivity contribution is 0.0912. The number of amides is 1. The average molecular weight is 311 g/mol. The maximum atomic E-state index is 12.3. The lowest BCUT2D eigenvalue weighted by Crippen LogP contribution is -2.30. The van der Waals surface area contributed by atoms with Crippen LogP contribution in [0.1, 0.15) is 54.1 Å². The van der Waals surface area contributed by atoms with Crippen LogP contribution in [0.5, 0.6) is 0 Å². The first kappa shape index (κ1) is 14.4. The molecule has 0 unspecified atom stereocenters. The fraction of sp³-hybridized carbons (Fsp3) is 0.667. The van der Waals surface area contributed by atoms with Crippen molar-refractivity contribution in [3.63, 3.8) is 0 Å². The summed E-state index contributed by atoms with van der Waals surface area (Å²) in [6, 6.07) is 0.133. The monoisotopic (exact) mass is 311 g/mol. The van der Waals surface area contributed by atoms with E-state index in [1.165, 1.54) is 23.5 Å². The number of aryl methyl sites for hydroxylation is 1. The number of carbonyl (C=O) groups is 1. The molecule has 1 N–H and O–H groups in total. The van der Waals surface area contributed by atoms with Crippen LogP contribution in [0.2, 0.25) is 0 Å². The third kappa shape index (κ3) is 2.29. The molecule has 1 aliphatic carbocycles. The molecular weight excluding hydrogens is 290 g/mol. The molecule has 2 aliphatic rings. The molecule has 2 heterocycles. The van der Waals surface area contributed by atoms with E-state index in [0.29, 0.717) is 5.76 Å². The van der Waals surface area contributed by atoms with Gasteiger partial charge in [0.2, 0.25) is 0 Å². The highest BCUT2D eigenvalue weighted by Gasteiger charge is 2.45. The summed E-state index contributed by atoms with van der Waals surface area (Å²) in [6.07, 6.45) is 3.32. The molecule has 1 saturated heterocycles. The highest BCUT2D eigenvalue weighted by molar-refractivity contribution is 8.20. The van der Waals surface area contributed by atoms with Crippen molar-refractivity contribution >= 4 is 29.4 Å². The Morgan fingerprint density at radius 2 is 2.05 bits per heavy atom. The van der Waals surface area contributed by atoms with Gasteiger partial charge < -0.3 is 9.73 Å². The van der Waals surface area contributed by atoms with E-state index < -0.39 is 0 Å². The van der Waals surface area contributed by atoms with Crippen molar-refractivity contribution in [3.05, 3.63) is 22.6 Å². The molecule has 1 spiro atoms. The predicted octanol–water partition coefficient (Wildman–Crippen LogP) is 3.70. The van der Waals surface area contributed by atoms with Gasteiger partial charge in [-0.2, -0.15) is 0 Å². The van der Waals surface area contributed by atoms with Gasteiger partial charge in [0.25, 0.3) is 5.91 Å². The SMILES string of the molecule is Cc1c(C(=O)NC(C)C)oc2c1C1(CCC2)SCCS1. The molecular formula is C15H21NO2S2. The highest BCUT2D eigenvalue weighted by atomic mass is 32.2. The van der Waals surface area contributed by atoms with Gasteiger partial charge in [-0.1, -0.05) is 0 Å². The second kappa shape index (κ2) is 5.34. The van der Waals surface area contributed by atoms with Gasteiger partial charge >= 0.3 is 0 Å². The summed E-state index contributed by atoms with van der Waals surface area (Å²) in [5.41, 5.74) is 2.37. The van der Waals surface area contributed by atoms with Gasteiger partial charge in [-0.15, -0.1) is 23.5 Å². The largest absolute Gasteiger partial charge is 0.455 e. The van der Waals surface area contributed by atoms with Crippen LogP contribution in [0.4, 0.5) is 0 Å².